The second-order valence-electron chi connectivity index (χ2n) is 4.69. The van der Waals surface area contributed by atoms with E-state index in [2.05, 4.69) is 13.8 Å². The van der Waals surface area contributed by atoms with Crippen molar-refractivity contribution in [3.63, 3.8) is 0 Å². The number of carbonyl (C=O) groups excluding carboxylic acids is 1. The number of fused-ring (bicyclic) bond motifs is 1. The Labute approximate surface area is 66.9 Å². The van der Waals surface area contributed by atoms with Crippen LogP contribution in [0.5, 0.6) is 0 Å². The molecule has 2 fully saturated rings. The lowest BCUT2D eigenvalue weighted by molar-refractivity contribution is -0.122. The zero-order valence-corrected chi connectivity index (χ0v) is 7.31. The number of carbonyl (C=O) groups is 1. The third-order valence-corrected chi connectivity index (χ3v) is 2.80. The van der Waals surface area contributed by atoms with E-state index in [0.717, 1.165) is 0 Å². The van der Waals surface area contributed by atoms with Crippen LogP contribution in [0.25, 0.3) is 0 Å². The summed E-state index contributed by atoms with van der Waals surface area (Å²) >= 11 is 0. The Kier molecular flexibility index (Phi) is 1.12. The van der Waals surface area contributed by atoms with Gasteiger partial charge in [-0.3, -0.25) is 4.79 Å². The van der Waals surface area contributed by atoms with Crippen LogP contribution >= 0.6 is 0 Å². The van der Waals surface area contributed by atoms with Crippen molar-refractivity contribution in [1.82, 2.24) is 0 Å². The molecule has 2 atom stereocenters. The molecular formula is C9H14O2. The summed E-state index contributed by atoms with van der Waals surface area (Å²) in [4.78, 5) is 11.2. The zero-order valence-electron chi connectivity index (χ0n) is 7.31. The third kappa shape index (κ3) is 0.924. The maximum absolute atomic E-state index is 11.2. The first kappa shape index (κ1) is 7.29. The largest absolute Gasteiger partial charge is 0.365 e. The normalized spacial score (nSPS) is 46.8. The predicted molar refractivity (Wildman–Crippen MR) is 41.3 cm³/mol. The van der Waals surface area contributed by atoms with E-state index in [0.29, 0.717) is 24.7 Å². The van der Waals surface area contributed by atoms with Crippen molar-refractivity contribution in [2.75, 3.05) is 0 Å². The average molecular weight is 154 g/mol. The number of epoxide rings is 1. The van der Waals surface area contributed by atoms with Crippen LogP contribution in [0.2, 0.25) is 0 Å². The summed E-state index contributed by atoms with van der Waals surface area (Å²) in [7, 11) is 0. The lowest BCUT2D eigenvalue weighted by atomic mass is 9.72. The fourth-order valence-corrected chi connectivity index (χ4v) is 2.41. The molecule has 2 rings (SSSR count). The lowest BCUT2D eigenvalue weighted by Crippen LogP contribution is -2.35. The van der Waals surface area contributed by atoms with Gasteiger partial charge in [-0.05, 0) is 6.92 Å². The SMILES string of the molecule is CC1(C)CC(=O)CC2(C)OC12. The predicted octanol–water partition coefficient (Wildman–Crippen LogP) is 1.53. The van der Waals surface area contributed by atoms with Crippen molar-refractivity contribution in [1.29, 1.82) is 0 Å². The number of ether oxygens (including phenoxy) is 1. The molecule has 0 aromatic carbocycles. The molecule has 2 nitrogen and oxygen atoms in total. The van der Waals surface area contributed by atoms with Gasteiger partial charge < -0.3 is 4.74 Å². The quantitative estimate of drug-likeness (QED) is 0.495. The first-order chi connectivity index (χ1) is 4.94. The van der Waals surface area contributed by atoms with Gasteiger partial charge in [-0.15, -0.1) is 0 Å². The van der Waals surface area contributed by atoms with Gasteiger partial charge in [-0.1, -0.05) is 13.8 Å². The van der Waals surface area contributed by atoms with Crippen LogP contribution in [-0.4, -0.2) is 17.5 Å². The highest BCUT2D eigenvalue weighted by Crippen LogP contribution is 2.54. The van der Waals surface area contributed by atoms with Gasteiger partial charge in [0, 0.05) is 18.3 Å². The van der Waals surface area contributed by atoms with Gasteiger partial charge >= 0.3 is 0 Å². The molecule has 2 unspecified atom stereocenters. The summed E-state index contributed by atoms with van der Waals surface area (Å²) in [5, 5.41) is 0. The Bertz CT molecular complexity index is 220. The Morgan fingerprint density at radius 3 is 2.55 bits per heavy atom. The summed E-state index contributed by atoms with van der Waals surface area (Å²) in [5.74, 6) is 0.353. The van der Waals surface area contributed by atoms with Crippen molar-refractivity contribution in [2.45, 2.75) is 45.3 Å². The highest BCUT2D eigenvalue weighted by Gasteiger charge is 2.63. The molecule has 2 heteroatoms. The summed E-state index contributed by atoms with van der Waals surface area (Å²) < 4.78 is 5.53. The number of Topliss-reactive ketones (excluding diaryl/α,β-unsaturated/α-hetero) is 1. The van der Waals surface area contributed by atoms with Gasteiger partial charge in [0.2, 0.25) is 0 Å². The molecule has 0 radical (unpaired) electrons. The fourth-order valence-electron chi connectivity index (χ4n) is 2.41. The molecular weight excluding hydrogens is 140 g/mol. The van der Waals surface area contributed by atoms with E-state index in [4.69, 9.17) is 4.74 Å². The molecule has 62 valence electrons. The molecule has 0 amide bonds. The first-order valence-corrected chi connectivity index (χ1v) is 4.14. The van der Waals surface area contributed by atoms with E-state index in [1.54, 1.807) is 0 Å². The van der Waals surface area contributed by atoms with Gasteiger partial charge in [-0.2, -0.15) is 0 Å². The second-order valence-corrected chi connectivity index (χ2v) is 4.69. The Balaban J connectivity index is 2.24. The van der Waals surface area contributed by atoms with Crippen LogP contribution in [0.3, 0.4) is 0 Å². The highest BCUT2D eigenvalue weighted by atomic mass is 16.6. The van der Waals surface area contributed by atoms with E-state index >= 15 is 0 Å². The maximum Gasteiger partial charge on any atom is 0.136 e. The molecule has 0 N–H and O–H groups in total. The molecule has 2 aliphatic rings. The van der Waals surface area contributed by atoms with Crippen LogP contribution in [0.4, 0.5) is 0 Å². The number of hydrogen-bond donors (Lipinski definition) is 0. The Morgan fingerprint density at radius 2 is 2.00 bits per heavy atom. The van der Waals surface area contributed by atoms with Crippen LogP contribution in [0, 0.1) is 5.41 Å². The minimum Gasteiger partial charge on any atom is -0.365 e. The standard InChI is InChI=1S/C9H14O2/c1-8(2)4-6(10)5-9(3)7(8)11-9/h7H,4-5H2,1-3H3. The summed E-state index contributed by atoms with van der Waals surface area (Å²) in [6.07, 6.45) is 1.64. The minimum absolute atomic E-state index is 0.0735. The third-order valence-electron chi connectivity index (χ3n) is 2.80. The second kappa shape index (κ2) is 1.69. The van der Waals surface area contributed by atoms with Crippen molar-refractivity contribution in [3.05, 3.63) is 0 Å². The van der Waals surface area contributed by atoms with E-state index in [1.165, 1.54) is 0 Å². The minimum atomic E-state index is -0.0984. The van der Waals surface area contributed by atoms with Gasteiger partial charge in [0.05, 0.1) is 11.7 Å². The lowest BCUT2D eigenvalue weighted by Gasteiger charge is -2.27. The van der Waals surface area contributed by atoms with E-state index < -0.39 is 0 Å². The molecule has 0 aromatic heterocycles. The van der Waals surface area contributed by atoms with Gasteiger partial charge in [0.1, 0.15) is 5.78 Å². The molecule has 0 spiro atoms. The smallest absolute Gasteiger partial charge is 0.136 e. The number of rotatable bonds is 0. The monoisotopic (exact) mass is 154 g/mol. The Morgan fingerprint density at radius 1 is 1.36 bits per heavy atom. The van der Waals surface area contributed by atoms with Crippen molar-refractivity contribution < 1.29 is 9.53 Å². The summed E-state index contributed by atoms with van der Waals surface area (Å²) in [5.41, 5.74) is -0.0249. The molecule has 1 aliphatic carbocycles. The van der Waals surface area contributed by atoms with Crippen LogP contribution in [0.15, 0.2) is 0 Å². The van der Waals surface area contributed by atoms with Crippen molar-refractivity contribution in [3.8, 4) is 0 Å². The maximum atomic E-state index is 11.2. The molecule has 0 aromatic rings. The average Bonchev–Trinajstić information content (AvgIpc) is 2.37. The highest BCUT2D eigenvalue weighted by molar-refractivity contribution is 5.82. The topological polar surface area (TPSA) is 29.6 Å². The molecule has 1 heterocycles. The molecule has 1 saturated carbocycles. The van der Waals surface area contributed by atoms with Crippen LogP contribution < -0.4 is 0 Å². The number of ketones is 1. The van der Waals surface area contributed by atoms with Crippen LogP contribution in [-0.2, 0) is 9.53 Å². The first-order valence-electron chi connectivity index (χ1n) is 4.14. The van der Waals surface area contributed by atoms with Gasteiger partial charge in [-0.25, -0.2) is 0 Å². The molecule has 1 saturated heterocycles. The van der Waals surface area contributed by atoms with E-state index in [-0.39, 0.29) is 11.0 Å². The van der Waals surface area contributed by atoms with E-state index in [9.17, 15) is 4.79 Å². The van der Waals surface area contributed by atoms with Gasteiger partial charge in [0.15, 0.2) is 0 Å². The van der Waals surface area contributed by atoms with Crippen molar-refractivity contribution >= 4 is 5.78 Å². The summed E-state index contributed by atoms with van der Waals surface area (Å²) in [6.45, 7) is 6.26. The van der Waals surface area contributed by atoms with E-state index in [1.807, 2.05) is 6.92 Å². The molecule has 1 aliphatic heterocycles. The van der Waals surface area contributed by atoms with Crippen LogP contribution in [0.1, 0.15) is 33.6 Å². The Hall–Kier alpha value is -0.370. The molecule has 11 heavy (non-hydrogen) atoms. The van der Waals surface area contributed by atoms with Gasteiger partial charge in [0.25, 0.3) is 0 Å². The van der Waals surface area contributed by atoms with Crippen molar-refractivity contribution in [2.24, 2.45) is 5.41 Å². The number of hydrogen-bond acceptors (Lipinski definition) is 2. The zero-order chi connectivity index (χ0) is 8.28. The summed E-state index contributed by atoms with van der Waals surface area (Å²) in [6, 6.07) is 0. The fraction of sp³-hybridized carbons (Fsp3) is 0.889. The molecule has 0 bridgehead atoms.